The summed E-state index contributed by atoms with van der Waals surface area (Å²) in [5.74, 6) is -2.75. The second kappa shape index (κ2) is 22.2. The molecule has 3 aromatic heterocycles. The number of carbonyl (C=O) groups excluding carboxylic acids is 2. The highest BCUT2D eigenvalue weighted by Crippen LogP contribution is 2.50. The predicted octanol–water partition coefficient (Wildman–Crippen LogP) is 9.02. The van der Waals surface area contributed by atoms with E-state index in [1.54, 1.807) is 54.7 Å². The number of likely N-dealkylation sites (tertiary alicyclic amines) is 1. The molecule has 3 aliphatic rings. The molecule has 6 heterocycles. The van der Waals surface area contributed by atoms with Crippen LogP contribution in [0.25, 0.3) is 55.3 Å². The minimum atomic E-state index is -0.970. The van der Waals surface area contributed by atoms with E-state index in [1.807, 2.05) is 38.1 Å². The zero-order chi connectivity index (χ0) is 54.4. The maximum atomic E-state index is 15.7. The number of amides is 2. The summed E-state index contributed by atoms with van der Waals surface area (Å²) in [4.78, 5) is 42.0. The lowest BCUT2D eigenvalue weighted by atomic mass is 9.98. The first-order valence-electron chi connectivity index (χ1n) is 25.7. The van der Waals surface area contributed by atoms with Crippen LogP contribution in [0.2, 0.25) is 10.0 Å². The molecule has 78 heavy (non-hydrogen) atoms. The fourth-order valence-corrected chi connectivity index (χ4v) is 11.5. The molecule has 17 nitrogen and oxygen atoms in total. The third kappa shape index (κ3) is 10.1. The number of piperazine rings is 1. The Labute approximate surface area is 456 Å². The van der Waals surface area contributed by atoms with Crippen LogP contribution in [-0.2, 0) is 20.9 Å². The first-order valence-corrected chi connectivity index (χ1v) is 26.4. The van der Waals surface area contributed by atoms with Gasteiger partial charge in [0, 0.05) is 77.9 Å². The number of ether oxygens (including phenoxy) is 3. The third-order valence-electron chi connectivity index (χ3n) is 14.8. The molecular formula is C56H54Cl2F3N11O6. The summed E-state index contributed by atoms with van der Waals surface area (Å²) in [5, 5.41) is 33.9. The van der Waals surface area contributed by atoms with Crippen molar-refractivity contribution in [2.75, 3.05) is 51.5 Å². The molecule has 0 aliphatic carbocycles. The Morgan fingerprint density at radius 2 is 1.73 bits per heavy atom. The molecule has 5 unspecified atom stereocenters. The third-order valence-corrected chi connectivity index (χ3v) is 15.5. The summed E-state index contributed by atoms with van der Waals surface area (Å²) in [5.41, 5.74) is 4.37. The van der Waals surface area contributed by atoms with Gasteiger partial charge in [-0.25, -0.2) is 17.9 Å². The second-order valence-corrected chi connectivity index (χ2v) is 20.9. The smallest absolute Gasteiger partial charge is 0.319 e. The molecule has 0 radical (unpaired) electrons. The number of methoxy groups -OCH3 is 1. The molecular weight excluding hydrogens is 1050 g/mol. The topological polar surface area (TPSA) is 198 Å². The summed E-state index contributed by atoms with van der Waals surface area (Å²) >= 11 is 14.1. The maximum Gasteiger partial charge on any atom is 0.319 e. The lowest BCUT2D eigenvalue weighted by molar-refractivity contribution is -0.142. The number of hydrogen-bond donors (Lipinski definition) is 4. The summed E-state index contributed by atoms with van der Waals surface area (Å²) in [6, 6.07) is 19.0. The van der Waals surface area contributed by atoms with E-state index in [0.29, 0.717) is 88.1 Å². The van der Waals surface area contributed by atoms with E-state index in [2.05, 4.69) is 36.0 Å². The average molecular weight is 1110 g/mol. The molecule has 5 atom stereocenters. The Morgan fingerprint density at radius 1 is 0.936 bits per heavy atom. The van der Waals surface area contributed by atoms with Crippen LogP contribution in [-0.4, -0.2) is 122 Å². The van der Waals surface area contributed by atoms with Gasteiger partial charge in [0.25, 0.3) is 0 Å². The minimum Gasteiger partial charge on any atom is -0.486 e. The van der Waals surface area contributed by atoms with Crippen LogP contribution in [0, 0.1) is 23.4 Å². The molecule has 0 saturated carbocycles. The van der Waals surface area contributed by atoms with Crippen molar-refractivity contribution in [1.29, 1.82) is 0 Å². The zero-order valence-corrected chi connectivity index (χ0v) is 44.2. The van der Waals surface area contributed by atoms with E-state index in [0.717, 1.165) is 24.6 Å². The molecule has 8 aromatic rings. The molecule has 5 aromatic carbocycles. The van der Waals surface area contributed by atoms with E-state index in [9.17, 15) is 23.5 Å². The van der Waals surface area contributed by atoms with Crippen LogP contribution in [0.15, 0.2) is 91.3 Å². The Morgan fingerprint density at radius 3 is 2.46 bits per heavy atom. The van der Waals surface area contributed by atoms with Gasteiger partial charge in [-0.05, 0) is 54.0 Å². The largest absolute Gasteiger partial charge is 0.486 e. The second-order valence-electron chi connectivity index (χ2n) is 20.1. The van der Waals surface area contributed by atoms with Gasteiger partial charge >= 0.3 is 6.01 Å². The van der Waals surface area contributed by atoms with Crippen molar-refractivity contribution in [3.05, 3.63) is 130 Å². The predicted molar refractivity (Wildman–Crippen MR) is 288 cm³/mol. The number of halogens is 5. The van der Waals surface area contributed by atoms with Crippen LogP contribution in [0.1, 0.15) is 56.3 Å². The number of aliphatic hydroxyl groups is 1. The van der Waals surface area contributed by atoms with Crippen molar-refractivity contribution in [3.63, 3.8) is 0 Å². The van der Waals surface area contributed by atoms with Gasteiger partial charge in [0.2, 0.25) is 11.8 Å². The number of aromatic amines is 1. The number of nitrogens with one attached hydrogen (secondary N) is 3. The summed E-state index contributed by atoms with van der Waals surface area (Å²) < 4.78 is 63.8. The van der Waals surface area contributed by atoms with Crippen LogP contribution >= 0.6 is 23.2 Å². The molecule has 404 valence electrons. The first kappa shape index (κ1) is 52.7. The number of nitrogens with zero attached hydrogens (tertiary/aromatic N) is 8. The number of aliphatic hydroxyl groups excluding tert-OH is 1. The Hall–Kier alpha value is -7.36. The molecule has 0 spiro atoms. The van der Waals surface area contributed by atoms with Gasteiger partial charge < -0.3 is 39.8 Å². The summed E-state index contributed by atoms with van der Waals surface area (Å²) in [6.45, 7) is 5.68. The van der Waals surface area contributed by atoms with Crippen molar-refractivity contribution >= 4 is 62.6 Å². The average Bonchev–Trinajstić information content (AvgIpc) is 4.46. The minimum absolute atomic E-state index is 0.00599. The number of H-pyrrole nitrogens is 1. The fourth-order valence-electron chi connectivity index (χ4n) is 10.9. The fraction of sp³-hybridized carbons (Fsp3) is 0.339. The SMILES string of the molecule is COCCOc1nc(N2CC3CC2CN3)c2cc(Cl)c(-c3c(Cl)c(F)cc4[nH]ncc34)c(OCc3ccc(-c4cn(C(C(=O)N5CCCC5C(=O)NC(CO)c5ccc(-c6cccc(F)c6F)cc5)C(C)C)nn4)cc3)c2n1. The number of benzene rings is 5. The Kier molecular flexibility index (Phi) is 15.0. The van der Waals surface area contributed by atoms with E-state index in [1.165, 1.54) is 22.9 Å². The monoisotopic (exact) mass is 1100 g/mol. The molecule has 3 fully saturated rings. The van der Waals surface area contributed by atoms with Gasteiger partial charge in [-0.15, -0.1) is 5.10 Å². The van der Waals surface area contributed by atoms with Crippen molar-refractivity contribution in [1.82, 2.24) is 50.7 Å². The molecule has 22 heteroatoms. The van der Waals surface area contributed by atoms with Gasteiger partial charge in [-0.2, -0.15) is 15.1 Å². The molecule has 4 N–H and O–H groups in total. The van der Waals surface area contributed by atoms with E-state index >= 15 is 4.39 Å². The van der Waals surface area contributed by atoms with Crippen molar-refractivity contribution in [3.8, 4) is 45.3 Å². The summed E-state index contributed by atoms with van der Waals surface area (Å²) in [7, 11) is 1.58. The number of hydrogen-bond acceptors (Lipinski definition) is 13. The Bertz CT molecular complexity index is 3550. The van der Waals surface area contributed by atoms with Gasteiger partial charge in [0.1, 0.15) is 48.1 Å². The lowest BCUT2D eigenvalue weighted by Gasteiger charge is -2.30. The number of rotatable bonds is 18. The zero-order valence-electron chi connectivity index (χ0n) is 42.7. The van der Waals surface area contributed by atoms with Crippen LogP contribution in [0.5, 0.6) is 11.8 Å². The van der Waals surface area contributed by atoms with E-state index in [4.69, 9.17) is 47.4 Å². The first-order chi connectivity index (χ1) is 37.8. The van der Waals surface area contributed by atoms with Gasteiger partial charge in [0.15, 0.2) is 17.4 Å². The van der Waals surface area contributed by atoms with Gasteiger partial charge in [-0.3, -0.25) is 14.7 Å². The van der Waals surface area contributed by atoms with E-state index in [-0.39, 0.29) is 70.1 Å². The number of fused-ring (bicyclic) bond motifs is 4. The van der Waals surface area contributed by atoms with Crippen LogP contribution in [0.4, 0.5) is 19.0 Å². The maximum absolute atomic E-state index is 15.7. The molecule has 2 amide bonds. The van der Waals surface area contributed by atoms with Crippen molar-refractivity contribution in [2.45, 2.75) is 69.9 Å². The van der Waals surface area contributed by atoms with Gasteiger partial charge in [-0.1, -0.05) is 103 Å². The van der Waals surface area contributed by atoms with Crippen LogP contribution < -0.4 is 25.0 Å². The van der Waals surface area contributed by atoms with Crippen molar-refractivity contribution < 1.29 is 42.1 Å². The summed E-state index contributed by atoms with van der Waals surface area (Å²) in [6.07, 6.45) is 5.20. The highest BCUT2D eigenvalue weighted by Gasteiger charge is 2.41. The molecule has 3 saturated heterocycles. The van der Waals surface area contributed by atoms with Gasteiger partial charge in [0.05, 0.1) is 47.2 Å². The Balaban J connectivity index is 0.838. The lowest BCUT2D eigenvalue weighted by Crippen LogP contribution is -2.50. The molecule has 3 aliphatic heterocycles. The quantitative estimate of drug-likeness (QED) is 0.0595. The highest BCUT2D eigenvalue weighted by molar-refractivity contribution is 6.39. The van der Waals surface area contributed by atoms with Crippen molar-refractivity contribution in [2.24, 2.45) is 5.92 Å². The highest BCUT2D eigenvalue weighted by atomic mass is 35.5. The number of carbonyl (C=O) groups is 2. The number of anilines is 1. The number of aromatic nitrogens is 7. The van der Waals surface area contributed by atoms with Crippen LogP contribution in [0.3, 0.4) is 0 Å². The standard InChI is InChI=1S/C56H54Cl2F3N11O6/c1-29(2)51(55(75)70-17-5-8-45(70)54(74)64-44(27-73)33-15-13-31(14-16-33)36-6-4-7-40(59)49(36)61)72-26-43(68-69-72)32-11-9-30(10-12-32)28-78-52-47(46-38-24-63-67-42(38)22-41(60)48(46)58)39(57)21-37-50(52)65-56(77-19-18-76-3)66-53(37)71-25-34-20-35(71)23-62-34/h4,6-7,9-16,21-22,24,26,29,34-35,44-45,51,62,73H,5,8,17-20,23,25,27-28H2,1-3H3,(H,63,67)(H,64,74). The van der Waals surface area contributed by atoms with E-state index < -0.39 is 48.1 Å². The normalized spacial score (nSPS) is 17.9. The molecule has 11 rings (SSSR count). The molecule has 2 bridgehead atoms.